The first-order valence-corrected chi connectivity index (χ1v) is 5.82. The van der Waals surface area contributed by atoms with Gasteiger partial charge in [-0.3, -0.25) is 0 Å². The summed E-state index contributed by atoms with van der Waals surface area (Å²) >= 11 is 0. The van der Waals surface area contributed by atoms with Gasteiger partial charge < -0.3 is 20.4 Å². The van der Waals surface area contributed by atoms with Crippen LogP contribution in [0.15, 0.2) is 18.2 Å². The molecular formula is C12H16N4O. The number of nitrogen functional groups attached to an aromatic ring is 1. The summed E-state index contributed by atoms with van der Waals surface area (Å²) in [6.45, 7) is 1.96. The number of benzene rings is 1. The van der Waals surface area contributed by atoms with Crippen molar-refractivity contribution in [2.45, 2.75) is 12.5 Å². The van der Waals surface area contributed by atoms with E-state index < -0.39 is 0 Å². The molecule has 0 saturated carbocycles. The highest BCUT2D eigenvalue weighted by molar-refractivity contribution is 5.84. The van der Waals surface area contributed by atoms with Gasteiger partial charge >= 0.3 is 0 Å². The topological polar surface area (TPSA) is 65.1 Å². The lowest BCUT2D eigenvalue weighted by atomic mass is 10.2. The molecule has 0 aliphatic carbocycles. The Bertz CT molecular complexity index is 543. The monoisotopic (exact) mass is 232 g/mol. The Morgan fingerprint density at radius 1 is 1.53 bits per heavy atom. The van der Waals surface area contributed by atoms with Crippen LogP contribution < -0.4 is 15.8 Å². The Labute approximate surface area is 99.6 Å². The van der Waals surface area contributed by atoms with Crippen molar-refractivity contribution in [1.82, 2.24) is 14.9 Å². The standard InChI is InChI=1S/C12H16N4O/c1-17-10-4-2-3-9-11(10)16(12(13)15-9)8-5-6-14-7-8/h2-4,8,14H,5-7H2,1H3,(H2,13,15). The number of para-hydroxylation sites is 1. The molecule has 1 aromatic carbocycles. The molecule has 1 atom stereocenters. The first-order chi connectivity index (χ1) is 8.31. The molecule has 1 fully saturated rings. The molecule has 3 N–H and O–H groups in total. The van der Waals surface area contributed by atoms with Crippen LogP contribution >= 0.6 is 0 Å². The summed E-state index contributed by atoms with van der Waals surface area (Å²) in [5.41, 5.74) is 7.92. The van der Waals surface area contributed by atoms with Gasteiger partial charge in [-0.2, -0.15) is 0 Å². The molecule has 1 aromatic heterocycles. The number of hydrogen-bond donors (Lipinski definition) is 2. The number of nitrogens with two attached hydrogens (primary N) is 1. The number of rotatable bonds is 2. The van der Waals surface area contributed by atoms with Crippen LogP contribution in [0.2, 0.25) is 0 Å². The second kappa shape index (κ2) is 3.92. The predicted octanol–water partition coefficient (Wildman–Crippen LogP) is 1.16. The molecule has 90 valence electrons. The van der Waals surface area contributed by atoms with Crippen LogP contribution in [0.4, 0.5) is 5.95 Å². The summed E-state index contributed by atoms with van der Waals surface area (Å²) in [5.74, 6) is 1.40. The molecule has 2 aromatic rings. The number of nitrogens with one attached hydrogen (secondary N) is 1. The van der Waals surface area contributed by atoms with E-state index in [0.29, 0.717) is 12.0 Å². The van der Waals surface area contributed by atoms with Crippen LogP contribution in [-0.2, 0) is 0 Å². The second-order valence-corrected chi connectivity index (χ2v) is 4.31. The third-order valence-corrected chi connectivity index (χ3v) is 3.32. The average Bonchev–Trinajstić information content (AvgIpc) is 2.93. The SMILES string of the molecule is COc1cccc2nc(N)n(C3CCNC3)c12. The summed E-state index contributed by atoms with van der Waals surface area (Å²) < 4.78 is 7.50. The third-order valence-electron chi connectivity index (χ3n) is 3.32. The minimum Gasteiger partial charge on any atom is -0.494 e. The molecule has 0 bridgehead atoms. The van der Waals surface area contributed by atoms with Gasteiger partial charge in [0.2, 0.25) is 5.95 Å². The molecule has 1 aliphatic rings. The van der Waals surface area contributed by atoms with E-state index in [9.17, 15) is 0 Å². The Morgan fingerprint density at radius 3 is 3.12 bits per heavy atom. The van der Waals surface area contributed by atoms with Crippen LogP contribution in [0.25, 0.3) is 11.0 Å². The molecule has 1 aliphatic heterocycles. The lowest BCUT2D eigenvalue weighted by Crippen LogP contribution is -2.15. The summed E-state index contributed by atoms with van der Waals surface area (Å²) in [6, 6.07) is 6.22. The van der Waals surface area contributed by atoms with Crippen molar-refractivity contribution in [2.24, 2.45) is 0 Å². The van der Waals surface area contributed by atoms with Gasteiger partial charge in [-0.25, -0.2) is 4.98 Å². The quantitative estimate of drug-likeness (QED) is 0.815. The van der Waals surface area contributed by atoms with Crippen molar-refractivity contribution in [3.8, 4) is 5.75 Å². The Morgan fingerprint density at radius 2 is 2.41 bits per heavy atom. The molecule has 5 heteroatoms. The normalized spacial score (nSPS) is 19.9. The van der Waals surface area contributed by atoms with Crippen molar-refractivity contribution in [1.29, 1.82) is 0 Å². The number of ether oxygens (including phenoxy) is 1. The highest BCUT2D eigenvalue weighted by atomic mass is 16.5. The van der Waals surface area contributed by atoms with E-state index in [1.807, 2.05) is 18.2 Å². The highest BCUT2D eigenvalue weighted by Crippen LogP contribution is 2.32. The Hall–Kier alpha value is -1.75. The maximum Gasteiger partial charge on any atom is 0.201 e. The summed E-state index contributed by atoms with van der Waals surface area (Å²) in [4.78, 5) is 4.40. The number of methoxy groups -OCH3 is 1. The van der Waals surface area contributed by atoms with Crippen LogP contribution in [0.5, 0.6) is 5.75 Å². The lowest BCUT2D eigenvalue weighted by molar-refractivity contribution is 0.415. The van der Waals surface area contributed by atoms with Crippen LogP contribution in [0, 0.1) is 0 Å². The predicted molar refractivity (Wildman–Crippen MR) is 67.2 cm³/mol. The van der Waals surface area contributed by atoms with Gasteiger partial charge in [-0.1, -0.05) is 6.07 Å². The molecule has 0 amide bonds. The van der Waals surface area contributed by atoms with Crippen LogP contribution in [0.1, 0.15) is 12.5 Å². The average molecular weight is 232 g/mol. The molecule has 3 rings (SSSR count). The molecule has 1 unspecified atom stereocenters. The van der Waals surface area contributed by atoms with E-state index in [-0.39, 0.29) is 0 Å². The second-order valence-electron chi connectivity index (χ2n) is 4.31. The fraction of sp³-hybridized carbons (Fsp3) is 0.417. The summed E-state index contributed by atoms with van der Waals surface area (Å²) in [6.07, 6.45) is 1.08. The Balaban J connectivity index is 2.24. The third kappa shape index (κ3) is 1.54. The number of anilines is 1. The Kier molecular flexibility index (Phi) is 2.40. The van der Waals surface area contributed by atoms with Crippen LogP contribution in [-0.4, -0.2) is 29.8 Å². The minimum atomic E-state index is 0.372. The van der Waals surface area contributed by atoms with Crippen molar-refractivity contribution in [2.75, 3.05) is 25.9 Å². The molecule has 5 nitrogen and oxygen atoms in total. The van der Waals surface area contributed by atoms with E-state index >= 15 is 0 Å². The summed E-state index contributed by atoms with van der Waals surface area (Å²) in [5, 5.41) is 3.35. The highest BCUT2D eigenvalue weighted by Gasteiger charge is 2.22. The first-order valence-electron chi connectivity index (χ1n) is 5.82. The largest absolute Gasteiger partial charge is 0.494 e. The number of hydrogen-bond acceptors (Lipinski definition) is 4. The minimum absolute atomic E-state index is 0.372. The van der Waals surface area contributed by atoms with Gasteiger partial charge in [0.15, 0.2) is 0 Å². The molecule has 0 spiro atoms. The number of nitrogens with zero attached hydrogens (tertiary/aromatic N) is 2. The van der Waals surface area contributed by atoms with Gasteiger partial charge in [-0.15, -0.1) is 0 Å². The molecule has 17 heavy (non-hydrogen) atoms. The zero-order chi connectivity index (χ0) is 11.8. The van der Waals surface area contributed by atoms with Gasteiger partial charge in [0.05, 0.1) is 18.7 Å². The van der Waals surface area contributed by atoms with Crippen molar-refractivity contribution in [3.63, 3.8) is 0 Å². The lowest BCUT2D eigenvalue weighted by Gasteiger charge is -2.15. The van der Waals surface area contributed by atoms with E-state index in [0.717, 1.165) is 36.3 Å². The van der Waals surface area contributed by atoms with Gasteiger partial charge in [0.25, 0.3) is 0 Å². The smallest absolute Gasteiger partial charge is 0.201 e. The van der Waals surface area contributed by atoms with E-state index in [2.05, 4.69) is 14.9 Å². The van der Waals surface area contributed by atoms with Crippen molar-refractivity contribution >= 4 is 17.0 Å². The van der Waals surface area contributed by atoms with E-state index in [1.54, 1.807) is 7.11 Å². The number of aromatic nitrogens is 2. The number of imidazole rings is 1. The first kappa shape index (κ1) is 10.4. The van der Waals surface area contributed by atoms with E-state index in [1.165, 1.54) is 0 Å². The van der Waals surface area contributed by atoms with Crippen LogP contribution in [0.3, 0.4) is 0 Å². The number of fused-ring (bicyclic) bond motifs is 1. The van der Waals surface area contributed by atoms with Gasteiger partial charge in [0.1, 0.15) is 11.3 Å². The fourth-order valence-electron chi connectivity index (χ4n) is 2.53. The molecule has 2 heterocycles. The van der Waals surface area contributed by atoms with Gasteiger partial charge in [0, 0.05) is 6.54 Å². The summed E-state index contributed by atoms with van der Waals surface area (Å²) in [7, 11) is 1.68. The molecule has 0 radical (unpaired) electrons. The van der Waals surface area contributed by atoms with Crippen molar-refractivity contribution in [3.05, 3.63) is 18.2 Å². The molecular weight excluding hydrogens is 216 g/mol. The zero-order valence-corrected chi connectivity index (χ0v) is 9.81. The van der Waals surface area contributed by atoms with Gasteiger partial charge in [-0.05, 0) is 25.1 Å². The fourth-order valence-corrected chi connectivity index (χ4v) is 2.53. The van der Waals surface area contributed by atoms with E-state index in [4.69, 9.17) is 10.5 Å². The van der Waals surface area contributed by atoms with Crippen molar-refractivity contribution < 1.29 is 4.74 Å². The zero-order valence-electron chi connectivity index (χ0n) is 9.81. The maximum atomic E-state index is 6.03. The maximum absolute atomic E-state index is 6.03. The molecule has 1 saturated heterocycles.